The number of carbonyl (C=O) groups excluding carboxylic acids is 1. The molecule has 1 aromatic carbocycles. The minimum atomic E-state index is -0.0506. The van der Waals surface area contributed by atoms with Crippen molar-refractivity contribution in [2.75, 3.05) is 45.3 Å². The first-order valence-corrected chi connectivity index (χ1v) is 12.5. The largest absolute Gasteiger partial charge is 0.454 e. The van der Waals surface area contributed by atoms with Crippen molar-refractivity contribution < 1.29 is 14.3 Å². The number of nitrogens with zero attached hydrogens (tertiary/aromatic N) is 2. The molecule has 1 fully saturated rings. The monoisotopic (exact) mass is 469 g/mol. The van der Waals surface area contributed by atoms with Gasteiger partial charge in [-0.2, -0.15) is 0 Å². The number of amides is 1. The fourth-order valence-electron chi connectivity index (χ4n) is 4.36. The van der Waals surface area contributed by atoms with E-state index >= 15 is 0 Å². The van der Waals surface area contributed by atoms with Crippen molar-refractivity contribution in [1.29, 1.82) is 0 Å². The predicted molar refractivity (Wildman–Crippen MR) is 130 cm³/mol. The lowest BCUT2D eigenvalue weighted by molar-refractivity contribution is 0.103. The Labute approximate surface area is 196 Å². The van der Waals surface area contributed by atoms with E-state index in [9.17, 15) is 4.79 Å². The van der Waals surface area contributed by atoms with Crippen LogP contribution in [-0.4, -0.2) is 55.7 Å². The minimum absolute atomic E-state index is 0.0294. The fourth-order valence-corrected chi connectivity index (χ4v) is 6.07. The zero-order chi connectivity index (χ0) is 22.2. The van der Waals surface area contributed by atoms with E-state index in [1.807, 2.05) is 23.6 Å². The van der Waals surface area contributed by atoms with E-state index in [4.69, 9.17) is 9.47 Å². The van der Waals surface area contributed by atoms with E-state index in [-0.39, 0.29) is 18.7 Å². The van der Waals surface area contributed by atoms with Crippen LogP contribution in [0.1, 0.15) is 37.3 Å². The maximum Gasteiger partial charge on any atom is 0.266 e. The van der Waals surface area contributed by atoms with Gasteiger partial charge in [-0.3, -0.25) is 9.69 Å². The van der Waals surface area contributed by atoms with Crippen LogP contribution >= 0.6 is 22.7 Å². The molecule has 2 aliphatic heterocycles. The van der Waals surface area contributed by atoms with Gasteiger partial charge in [-0.1, -0.05) is 12.1 Å². The molecule has 32 heavy (non-hydrogen) atoms. The molecule has 0 saturated carbocycles. The standard InChI is InChI=1S/C24H27N3O3S2/c1-15-16(2)32-24(25-23(28)20-5-4-12-31-20)21(15)22(27-10-8-26(3)9-11-27)17-6-7-18-19(13-17)30-14-29-18/h4-7,12-13,22H,8-11,14H2,1-3H3,(H,25,28). The molecule has 1 amide bonds. The number of fused-ring (bicyclic) bond motifs is 1. The lowest BCUT2D eigenvalue weighted by Crippen LogP contribution is -2.46. The predicted octanol–water partition coefficient (Wildman–Crippen LogP) is 4.74. The number of hydrogen-bond acceptors (Lipinski definition) is 7. The second kappa shape index (κ2) is 8.86. The molecule has 1 unspecified atom stereocenters. The van der Waals surface area contributed by atoms with Crippen LogP contribution in [0.15, 0.2) is 35.7 Å². The number of aryl methyl sites for hydroxylation is 1. The summed E-state index contributed by atoms with van der Waals surface area (Å²) in [5.41, 5.74) is 3.57. The van der Waals surface area contributed by atoms with E-state index in [1.54, 1.807) is 11.3 Å². The Morgan fingerprint density at radius 1 is 1.09 bits per heavy atom. The van der Waals surface area contributed by atoms with Crippen LogP contribution < -0.4 is 14.8 Å². The molecule has 168 valence electrons. The molecule has 4 heterocycles. The molecule has 3 aromatic rings. The number of nitrogens with one attached hydrogen (secondary N) is 1. The average Bonchev–Trinajstić information content (AvgIpc) is 3.53. The Hall–Kier alpha value is -2.39. The quantitative estimate of drug-likeness (QED) is 0.585. The number of piperazine rings is 1. The summed E-state index contributed by atoms with van der Waals surface area (Å²) in [5, 5.41) is 6.08. The van der Waals surface area contributed by atoms with Crippen LogP contribution in [0.4, 0.5) is 5.00 Å². The van der Waals surface area contributed by atoms with Gasteiger partial charge in [-0.05, 0) is 55.6 Å². The molecule has 0 aliphatic carbocycles. The average molecular weight is 470 g/mol. The third-order valence-electron chi connectivity index (χ3n) is 6.29. The van der Waals surface area contributed by atoms with Crippen molar-refractivity contribution in [1.82, 2.24) is 9.80 Å². The summed E-state index contributed by atoms with van der Waals surface area (Å²) in [7, 11) is 2.17. The molecular weight excluding hydrogens is 442 g/mol. The SMILES string of the molecule is Cc1sc(NC(=O)c2cccs2)c(C(c2ccc3c(c2)OCO3)N2CCN(C)CC2)c1C. The highest BCUT2D eigenvalue weighted by atomic mass is 32.1. The lowest BCUT2D eigenvalue weighted by atomic mass is 9.94. The zero-order valence-electron chi connectivity index (χ0n) is 18.5. The van der Waals surface area contributed by atoms with Crippen LogP contribution in [0.5, 0.6) is 11.5 Å². The Morgan fingerprint density at radius 2 is 1.88 bits per heavy atom. The van der Waals surface area contributed by atoms with E-state index in [0.29, 0.717) is 0 Å². The van der Waals surface area contributed by atoms with E-state index in [0.717, 1.165) is 53.1 Å². The maximum atomic E-state index is 12.9. The topological polar surface area (TPSA) is 54.0 Å². The van der Waals surface area contributed by atoms with Crippen molar-refractivity contribution in [2.24, 2.45) is 0 Å². The number of likely N-dealkylation sites (N-methyl/N-ethyl adjacent to an activating group) is 1. The van der Waals surface area contributed by atoms with Gasteiger partial charge in [0.2, 0.25) is 6.79 Å². The smallest absolute Gasteiger partial charge is 0.266 e. The molecule has 6 nitrogen and oxygen atoms in total. The second-order valence-electron chi connectivity index (χ2n) is 8.31. The van der Waals surface area contributed by atoms with Crippen LogP contribution in [0.2, 0.25) is 0 Å². The number of thiophene rings is 2. The Bertz CT molecular complexity index is 1120. The highest BCUT2D eigenvalue weighted by Gasteiger charge is 2.32. The van der Waals surface area contributed by atoms with Gasteiger partial charge in [0, 0.05) is 36.6 Å². The molecule has 1 atom stereocenters. The number of anilines is 1. The highest BCUT2D eigenvalue weighted by molar-refractivity contribution is 7.17. The first kappa shape index (κ1) is 21.5. The van der Waals surface area contributed by atoms with Gasteiger partial charge >= 0.3 is 0 Å². The maximum absolute atomic E-state index is 12.9. The van der Waals surface area contributed by atoms with E-state index in [2.05, 4.69) is 48.1 Å². The number of ether oxygens (including phenoxy) is 2. The summed E-state index contributed by atoms with van der Waals surface area (Å²) in [6.45, 7) is 8.50. The van der Waals surface area contributed by atoms with Gasteiger partial charge in [0.1, 0.15) is 5.00 Å². The summed E-state index contributed by atoms with van der Waals surface area (Å²) >= 11 is 3.12. The molecule has 5 rings (SSSR count). The van der Waals surface area contributed by atoms with E-state index < -0.39 is 0 Å². The van der Waals surface area contributed by atoms with Crippen molar-refractivity contribution >= 4 is 33.6 Å². The molecule has 1 saturated heterocycles. The van der Waals surface area contributed by atoms with Crippen LogP contribution in [0.3, 0.4) is 0 Å². The van der Waals surface area contributed by atoms with Crippen molar-refractivity contribution in [3.05, 3.63) is 62.2 Å². The normalized spacial score (nSPS) is 17.5. The van der Waals surface area contributed by atoms with Crippen molar-refractivity contribution in [3.63, 3.8) is 0 Å². The Kier molecular flexibility index (Phi) is 5.94. The highest BCUT2D eigenvalue weighted by Crippen LogP contribution is 2.45. The lowest BCUT2D eigenvalue weighted by Gasteiger charge is -2.39. The first-order chi connectivity index (χ1) is 15.5. The third-order valence-corrected chi connectivity index (χ3v) is 8.30. The second-order valence-corrected chi connectivity index (χ2v) is 10.5. The van der Waals surface area contributed by atoms with Crippen LogP contribution in [0, 0.1) is 13.8 Å². The molecule has 1 N–H and O–H groups in total. The molecule has 0 radical (unpaired) electrons. The molecule has 2 aromatic heterocycles. The first-order valence-electron chi connectivity index (χ1n) is 10.8. The van der Waals surface area contributed by atoms with Gasteiger partial charge in [0.25, 0.3) is 5.91 Å². The fraction of sp³-hybridized carbons (Fsp3) is 0.375. The summed E-state index contributed by atoms with van der Waals surface area (Å²) in [6, 6.07) is 10.0. The molecule has 2 aliphatic rings. The van der Waals surface area contributed by atoms with Gasteiger partial charge in [-0.25, -0.2) is 0 Å². The van der Waals surface area contributed by atoms with Gasteiger partial charge in [0.15, 0.2) is 11.5 Å². The molecule has 8 heteroatoms. The number of rotatable bonds is 5. The van der Waals surface area contributed by atoms with Crippen molar-refractivity contribution in [2.45, 2.75) is 19.9 Å². The van der Waals surface area contributed by atoms with Gasteiger partial charge < -0.3 is 19.7 Å². The van der Waals surface area contributed by atoms with Crippen molar-refractivity contribution in [3.8, 4) is 11.5 Å². The van der Waals surface area contributed by atoms with Gasteiger partial charge in [0.05, 0.1) is 10.9 Å². The molecular formula is C24H27N3O3S2. The Balaban J connectivity index is 1.57. The number of benzene rings is 1. The number of carbonyl (C=O) groups is 1. The summed E-state index contributed by atoms with van der Waals surface area (Å²) < 4.78 is 11.2. The molecule has 0 bridgehead atoms. The number of hydrogen-bond donors (Lipinski definition) is 1. The van der Waals surface area contributed by atoms with Crippen LogP contribution in [0.25, 0.3) is 0 Å². The summed E-state index contributed by atoms with van der Waals surface area (Å²) in [4.78, 5) is 19.8. The summed E-state index contributed by atoms with van der Waals surface area (Å²) in [6.07, 6.45) is 0. The van der Waals surface area contributed by atoms with Gasteiger partial charge in [-0.15, -0.1) is 22.7 Å². The zero-order valence-corrected chi connectivity index (χ0v) is 20.1. The third kappa shape index (κ3) is 4.03. The Morgan fingerprint density at radius 3 is 2.62 bits per heavy atom. The summed E-state index contributed by atoms with van der Waals surface area (Å²) in [5.74, 6) is 1.52. The molecule has 0 spiro atoms. The minimum Gasteiger partial charge on any atom is -0.454 e. The van der Waals surface area contributed by atoms with Crippen LogP contribution in [-0.2, 0) is 0 Å². The van der Waals surface area contributed by atoms with E-state index in [1.165, 1.54) is 27.3 Å².